The number of amides is 1. The minimum Gasteiger partial charge on any atom is -0.444 e. The maximum atomic E-state index is 13.1. The highest BCUT2D eigenvalue weighted by Gasteiger charge is 2.42. The first kappa shape index (κ1) is 25.0. The van der Waals surface area contributed by atoms with Gasteiger partial charge in [0.2, 0.25) is 0 Å². The fourth-order valence-corrected chi connectivity index (χ4v) is 4.74. The molecule has 0 spiro atoms. The molecule has 0 N–H and O–H groups in total. The van der Waals surface area contributed by atoms with Crippen molar-refractivity contribution in [3.05, 3.63) is 108 Å². The molecule has 1 fully saturated rings. The van der Waals surface area contributed by atoms with Crippen LogP contribution in [0.25, 0.3) is 0 Å². The lowest BCUT2D eigenvalue weighted by molar-refractivity contribution is -0.0251. The Morgan fingerprint density at radius 2 is 1.29 bits per heavy atom. The van der Waals surface area contributed by atoms with Crippen LogP contribution in [-0.4, -0.2) is 49.0 Å². The largest absolute Gasteiger partial charge is 0.444 e. The number of hydrogen-bond acceptors (Lipinski definition) is 4. The zero-order valence-corrected chi connectivity index (χ0v) is 21.0. The lowest BCUT2D eigenvalue weighted by atomic mass is 9.80. The SMILES string of the molecule is COC1CC(COC(c2ccccc2)(c2ccccc2)c2ccccc2)N(C(=O)OC(C)(C)C)C1. The summed E-state index contributed by atoms with van der Waals surface area (Å²) in [6.07, 6.45) is 0.288. The van der Waals surface area contributed by atoms with E-state index in [1.54, 1.807) is 12.0 Å². The monoisotopic (exact) mass is 473 g/mol. The fraction of sp³-hybridized carbons (Fsp3) is 0.367. The van der Waals surface area contributed by atoms with Gasteiger partial charge in [0.1, 0.15) is 11.2 Å². The van der Waals surface area contributed by atoms with Crippen LogP contribution in [0.4, 0.5) is 4.79 Å². The average molecular weight is 474 g/mol. The van der Waals surface area contributed by atoms with E-state index in [-0.39, 0.29) is 18.2 Å². The molecule has 5 heteroatoms. The Bertz CT molecular complexity index is 983. The second-order valence-corrected chi connectivity index (χ2v) is 9.97. The van der Waals surface area contributed by atoms with Crippen LogP contribution in [0.3, 0.4) is 0 Å². The molecule has 1 aliphatic rings. The molecular formula is C30H35NO4. The van der Waals surface area contributed by atoms with E-state index in [9.17, 15) is 4.79 Å². The van der Waals surface area contributed by atoms with Gasteiger partial charge in [-0.3, -0.25) is 0 Å². The van der Waals surface area contributed by atoms with E-state index >= 15 is 0 Å². The molecular weight excluding hydrogens is 438 g/mol. The quantitative estimate of drug-likeness (QED) is 0.394. The van der Waals surface area contributed by atoms with Crippen molar-refractivity contribution >= 4 is 6.09 Å². The molecule has 0 aliphatic carbocycles. The van der Waals surface area contributed by atoms with Crippen molar-refractivity contribution in [1.29, 1.82) is 0 Å². The number of likely N-dealkylation sites (tertiary alicyclic amines) is 1. The van der Waals surface area contributed by atoms with Crippen LogP contribution in [0.1, 0.15) is 43.9 Å². The summed E-state index contributed by atoms with van der Waals surface area (Å²) in [5.41, 5.74) is 1.68. The minimum atomic E-state index is -0.839. The predicted octanol–water partition coefficient (Wildman–Crippen LogP) is 6.02. The van der Waals surface area contributed by atoms with Crippen molar-refractivity contribution < 1.29 is 19.0 Å². The van der Waals surface area contributed by atoms with Gasteiger partial charge in [-0.05, 0) is 43.9 Å². The van der Waals surface area contributed by atoms with Gasteiger partial charge in [0.05, 0.1) is 25.3 Å². The highest BCUT2D eigenvalue weighted by atomic mass is 16.6. The molecule has 2 unspecified atom stereocenters. The molecule has 184 valence electrons. The summed E-state index contributed by atoms with van der Waals surface area (Å²) in [5, 5.41) is 0. The first-order valence-electron chi connectivity index (χ1n) is 12.2. The fourth-order valence-electron chi connectivity index (χ4n) is 4.74. The minimum absolute atomic E-state index is 0.0595. The normalized spacial score (nSPS) is 18.5. The lowest BCUT2D eigenvalue weighted by Crippen LogP contribution is -2.44. The Hall–Kier alpha value is -3.15. The molecule has 1 amide bonds. The summed E-state index contributed by atoms with van der Waals surface area (Å²) in [6.45, 7) is 6.45. The molecule has 0 radical (unpaired) electrons. The summed E-state index contributed by atoms with van der Waals surface area (Å²) < 4.78 is 18.3. The standard InChI is InChI=1S/C30H35NO4/c1-29(2,3)35-28(32)31-21-27(33-4)20-26(31)22-34-30(23-14-8-5-9-15-23,24-16-10-6-11-17-24)25-18-12-7-13-19-25/h5-19,26-27H,20-22H2,1-4H3. The number of ether oxygens (including phenoxy) is 3. The summed E-state index contributed by atoms with van der Waals surface area (Å²) >= 11 is 0. The molecule has 35 heavy (non-hydrogen) atoms. The van der Waals surface area contributed by atoms with E-state index in [1.807, 2.05) is 75.4 Å². The van der Waals surface area contributed by atoms with Gasteiger partial charge in [0.25, 0.3) is 0 Å². The molecule has 0 bridgehead atoms. The number of rotatable bonds is 7. The summed E-state index contributed by atoms with van der Waals surface area (Å²) in [5.74, 6) is 0. The smallest absolute Gasteiger partial charge is 0.410 e. The van der Waals surface area contributed by atoms with Gasteiger partial charge in [0, 0.05) is 7.11 Å². The van der Waals surface area contributed by atoms with Crippen LogP contribution in [0, 0.1) is 0 Å². The van der Waals surface area contributed by atoms with Gasteiger partial charge in [-0.2, -0.15) is 0 Å². The van der Waals surface area contributed by atoms with Gasteiger partial charge in [-0.1, -0.05) is 91.0 Å². The van der Waals surface area contributed by atoms with Crippen molar-refractivity contribution in [3.63, 3.8) is 0 Å². The third-order valence-electron chi connectivity index (χ3n) is 6.37. The third-order valence-corrected chi connectivity index (χ3v) is 6.37. The number of carbonyl (C=O) groups excluding carboxylic acids is 1. The van der Waals surface area contributed by atoms with Crippen molar-refractivity contribution in [3.8, 4) is 0 Å². The van der Waals surface area contributed by atoms with Gasteiger partial charge >= 0.3 is 6.09 Å². The van der Waals surface area contributed by atoms with E-state index < -0.39 is 11.2 Å². The number of nitrogens with zero attached hydrogens (tertiary/aromatic N) is 1. The van der Waals surface area contributed by atoms with Gasteiger partial charge < -0.3 is 19.1 Å². The Morgan fingerprint density at radius 3 is 1.69 bits per heavy atom. The van der Waals surface area contributed by atoms with Crippen LogP contribution in [-0.2, 0) is 19.8 Å². The molecule has 5 nitrogen and oxygen atoms in total. The maximum absolute atomic E-state index is 13.1. The number of benzene rings is 3. The highest BCUT2D eigenvalue weighted by Crippen LogP contribution is 2.41. The Balaban J connectivity index is 1.73. The van der Waals surface area contributed by atoms with Gasteiger partial charge in [-0.25, -0.2) is 4.79 Å². The molecule has 3 aromatic rings. The lowest BCUT2D eigenvalue weighted by Gasteiger charge is -2.38. The van der Waals surface area contributed by atoms with Crippen LogP contribution in [0.15, 0.2) is 91.0 Å². The zero-order valence-electron chi connectivity index (χ0n) is 21.0. The Labute approximate surface area is 208 Å². The molecule has 1 aliphatic heterocycles. The van der Waals surface area contributed by atoms with Crippen molar-refractivity contribution in [2.45, 2.75) is 50.5 Å². The van der Waals surface area contributed by atoms with Gasteiger partial charge in [-0.15, -0.1) is 0 Å². The first-order valence-corrected chi connectivity index (χ1v) is 12.2. The summed E-state index contributed by atoms with van der Waals surface area (Å²) in [6, 6.07) is 30.6. The molecule has 1 heterocycles. The van der Waals surface area contributed by atoms with Crippen molar-refractivity contribution in [1.82, 2.24) is 4.90 Å². The van der Waals surface area contributed by atoms with Crippen molar-refractivity contribution in [2.75, 3.05) is 20.3 Å². The zero-order chi connectivity index (χ0) is 24.9. The van der Waals surface area contributed by atoms with E-state index in [0.29, 0.717) is 19.6 Å². The first-order chi connectivity index (χ1) is 16.8. The van der Waals surface area contributed by atoms with Crippen LogP contribution < -0.4 is 0 Å². The van der Waals surface area contributed by atoms with Gasteiger partial charge in [0.15, 0.2) is 0 Å². The molecule has 4 rings (SSSR count). The average Bonchev–Trinajstić information content (AvgIpc) is 3.29. The topological polar surface area (TPSA) is 48.0 Å². The number of carbonyl (C=O) groups is 1. The van der Waals surface area contributed by atoms with Crippen LogP contribution in [0.5, 0.6) is 0 Å². The van der Waals surface area contributed by atoms with E-state index in [4.69, 9.17) is 14.2 Å². The molecule has 0 aromatic heterocycles. The molecule has 0 saturated carbocycles. The molecule has 3 aromatic carbocycles. The number of methoxy groups -OCH3 is 1. The summed E-state index contributed by atoms with van der Waals surface area (Å²) in [4.78, 5) is 14.8. The number of hydrogen-bond donors (Lipinski definition) is 0. The van der Waals surface area contributed by atoms with E-state index in [1.165, 1.54) is 0 Å². The second kappa shape index (κ2) is 10.6. The van der Waals surface area contributed by atoms with E-state index in [2.05, 4.69) is 36.4 Å². The highest BCUT2D eigenvalue weighted by molar-refractivity contribution is 5.69. The van der Waals surface area contributed by atoms with Crippen LogP contribution in [0.2, 0.25) is 0 Å². The predicted molar refractivity (Wildman–Crippen MR) is 137 cm³/mol. The maximum Gasteiger partial charge on any atom is 0.410 e. The Morgan fingerprint density at radius 1 is 0.829 bits per heavy atom. The van der Waals surface area contributed by atoms with Crippen LogP contribution >= 0.6 is 0 Å². The third kappa shape index (κ3) is 5.58. The Kier molecular flexibility index (Phi) is 7.58. The summed E-state index contributed by atoms with van der Waals surface area (Å²) in [7, 11) is 1.68. The van der Waals surface area contributed by atoms with Crippen molar-refractivity contribution in [2.24, 2.45) is 0 Å². The molecule has 1 saturated heterocycles. The molecule has 2 atom stereocenters. The second-order valence-electron chi connectivity index (χ2n) is 9.97. The van der Waals surface area contributed by atoms with E-state index in [0.717, 1.165) is 16.7 Å².